The molecule has 2 fully saturated rings. The number of rotatable bonds is 6. The third kappa shape index (κ3) is 4.67. The van der Waals surface area contributed by atoms with Crippen LogP contribution in [-0.2, 0) is 14.3 Å². The van der Waals surface area contributed by atoms with Gasteiger partial charge < -0.3 is 14.5 Å². The van der Waals surface area contributed by atoms with Gasteiger partial charge in [0.05, 0.1) is 0 Å². The van der Waals surface area contributed by atoms with E-state index in [1.165, 1.54) is 0 Å². The number of benzene rings is 1. The molecule has 1 aromatic carbocycles. The summed E-state index contributed by atoms with van der Waals surface area (Å²) in [6, 6.07) is 8.61. The van der Waals surface area contributed by atoms with Crippen molar-refractivity contribution in [2.75, 3.05) is 39.9 Å². The van der Waals surface area contributed by atoms with Crippen molar-refractivity contribution in [3.63, 3.8) is 0 Å². The molecule has 1 aromatic rings. The third-order valence-electron chi connectivity index (χ3n) is 5.97. The fourth-order valence-electron chi connectivity index (χ4n) is 4.24. The predicted molar refractivity (Wildman–Crippen MR) is 101 cm³/mol. The van der Waals surface area contributed by atoms with Gasteiger partial charge in [-0.25, -0.2) is 4.39 Å². The van der Waals surface area contributed by atoms with Crippen molar-refractivity contribution in [2.24, 2.45) is 5.41 Å². The molecule has 2 heterocycles. The number of halogens is 1. The molecule has 0 aliphatic carbocycles. The minimum absolute atomic E-state index is 0.0658. The van der Waals surface area contributed by atoms with Gasteiger partial charge in [-0.05, 0) is 36.7 Å². The molecule has 2 saturated heterocycles. The summed E-state index contributed by atoms with van der Waals surface area (Å²) in [7, 11) is 1.67. The average molecular weight is 376 g/mol. The smallest absolute Gasteiger partial charge is 0.261 e. The molecule has 3 rings (SSSR count). The van der Waals surface area contributed by atoms with Crippen molar-refractivity contribution in [3.8, 4) is 0 Å². The number of carbonyl (C=O) groups excluding carboxylic acids is 2. The molecule has 1 spiro atoms. The molecule has 2 amide bonds. The normalized spacial score (nSPS) is 20.7. The molecule has 5 nitrogen and oxygen atoms in total. The lowest BCUT2D eigenvalue weighted by atomic mass is 9.72. The number of piperidine rings is 2. The summed E-state index contributed by atoms with van der Waals surface area (Å²) < 4.78 is 19.7. The van der Waals surface area contributed by atoms with Gasteiger partial charge in [-0.2, -0.15) is 0 Å². The molecular weight excluding hydrogens is 347 g/mol. The van der Waals surface area contributed by atoms with Gasteiger partial charge >= 0.3 is 0 Å². The van der Waals surface area contributed by atoms with Gasteiger partial charge in [-0.15, -0.1) is 0 Å². The zero-order valence-electron chi connectivity index (χ0n) is 16.0. The Hall–Kier alpha value is -1.95. The summed E-state index contributed by atoms with van der Waals surface area (Å²) in [4.78, 5) is 28.3. The van der Waals surface area contributed by atoms with E-state index in [4.69, 9.17) is 4.74 Å². The number of nitrogens with zero attached hydrogens (tertiary/aromatic N) is 2. The first-order valence-corrected chi connectivity index (χ1v) is 9.79. The Morgan fingerprint density at radius 2 is 1.93 bits per heavy atom. The molecule has 0 N–H and O–H groups in total. The second-order valence-electron chi connectivity index (χ2n) is 7.76. The zero-order valence-corrected chi connectivity index (χ0v) is 16.0. The maximum atomic E-state index is 14.6. The van der Waals surface area contributed by atoms with Crippen LogP contribution in [0.25, 0.3) is 0 Å². The number of ether oxygens (including phenoxy) is 1. The van der Waals surface area contributed by atoms with Crippen LogP contribution in [0, 0.1) is 5.41 Å². The van der Waals surface area contributed by atoms with Crippen LogP contribution in [-0.4, -0.2) is 61.5 Å². The SMILES string of the molecule is COCCCN1CC2(CCC1=O)CCN(C(=O)C(F)c1ccccc1)CC2. The predicted octanol–water partition coefficient (Wildman–Crippen LogP) is 2.96. The van der Waals surface area contributed by atoms with Gasteiger partial charge in [0.2, 0.25) is 12.1 Å². The van der Waals surface area contributed by atoms with Crippen LogP contribution in [0.4, 0.5) is 4.39 Å². The van der Waals surface area contributed by atoms with E-state index >= 15 is 0 Å². The Morgan fingerprint density at radius 3 is 2.59 bits per heavy atom. The standard InChI is InChI=1S/C21H29FN2O3/c1-27-15-5-12-24-16-21(9-8-18(24)25)10-13-23(14-11-21)20(26)19(22)17-6-3-2-4-7-17/h2-4,6-7,19H,5,8-16H2,1H3. The summed E-state index contributed by atoms with van der Waals surface area (Å²) in [6.07, 6.45) is 2.33. The lowest BCUT2D eigenvalue weighted by molar-refractivity contribution is -0.145. The van der Waals surface area contributed by atoms with E-state index in [-0.39, 0.29) is 11.3 Å². The first kappa shape index (κ1) is 19.8. The summed E-state index contributed by atoms with van der Waals surface area (Å²) in [5.74, 6) is -0.233. The van der Waals surface area contributed by atoms with Gasteiger partial charge in [-0.3, -0.25) is 9.59 Å². The fourth-order valence-corrected chi connectivity index (χ4v) is 4.24. The van der Waals surface area contributed by atoms with Crippen LogP contribution in [0.15, 0.2) is 30.3 Å². The Bertz CT molecular complexity index is 644. The molecule has 2 aliphatic rings. The van der Waals surface area contributed by atoms with Crippen LogP contribution in [0.3, 0.4) is 0 Å². The average Bonchev–Trinajstić information content (AvgIpc) is 2.71. The maximum absolute atomic E-state index is 14.6. The highest BCUT2D eigenvalue weighted by atomic mass is 19.1. The molecule has 2 aliphatic heterocycles. The quantitative estimate of drug-likeness (QED) is 0.717. The summed E-state index contributed by atoms with van der Waals surface area (Å²) >= 11 is 0. The molecule has 0 aromatic heterocycles. The number of hydrogen-bond acceptors (Lipinski definition) is 3. The molecule has 0 radical (unpaired) electrons. The number of carbonyl (C=O) groups is 2. The molecule has 0 saturated carbocycles. The molecular formula is C21H29FN2O3. The van der Waals surface area contributed by atoms with Crippen molar-refractivity contribution >= 4 is 11.8 Å². The first-order chi connectivity index (χ1) is 13.0. The van der Waals surface area contributed by atoms with E-state index in [0.717, 1.165) is 38.8 Å². The highest BCUT2D eigenvalue weighted by molar-refractivity contribution is 5.82. The second kappa shape index (κ2) is 8.83. The Kier molecular flexibility index (Phi) is 6.47. The molecule has 0 bridgehead atoms. The lowest BCUT2D eigenvalue weighted by Crippen LogP contribution is -2.53. The van der Waals surface area contributed by atoms with Crippen molar-refractivity contribution in [1.29, 1.82) is 0 Å². The highest BCUT2D eigenvalue weighted by Gasteiger charge is 2.42. The van der Waals surface area contributed by atoms with E-state index in [0.29, 0.717) is 31.7 Å². The van der Waals surface area contributed by atoms with Crippen molar-refractivity contribution < 1.29 is 18.7 Å². The minimum atomic E-state index is -1.60. The highest BCUT2D eigenvalue weighted by Crippen LogP contribution is 2.40. The Morgan fingerprint density at radius 1 is 1.22 bits per heavy atom. The van der Waals surface area contributed by atoms with E-state index in [9.17, 15) is 14.0 Å². The van der Waals surface area contributed by atoms with Crippen LogP contribution < -0.4 is 0 Å². The molecule has 6 heteroatoms. The van der Waals surface area contributed by atoms with Gasteiger partial charge in [0, 0.05) is 46.3 Å². The molecule has 148 valence electrons. The third-order valence-corrected chi connectivity index (χ3v) is 5.97. The van der Waals surface area contributed by atoms with E-state index in [1.807, 2.05) is 11.0 Å². The first-order valence-electron chi connectivity index (χ1n) is 9.79. The number of methoxy groups -OCH3 is 1. The van der Waals surface area contributed by atoms with Crippen LogP contribution >= 0.6 is 0 Å². The van der Waals surface area contributed by atoms with Crippen LogP contribution in [0.5, 0.6) is 0 Å². The fraction of sp³-hybridized carbons (Fsp3) is 0.619. The second-order valence-corrected chi connectivity index (χ2v) is 7.76. The largest absolute Gasteiger partial charge is 0.385 e. The van der Waals surface area contributed by atoms with Gasteiger partial charge in [-0.1, -0.05) is 30.3 Å². The lowest BCUT2D eigenvalue weighted by Gasteiger charge is -2.47. The number of alkyl halides is 1. The Balaban J connectivity index is 1.56. The summed E-state index contributed by atoms with van der Waals surface area (Å²) in [5.41, 5.74) is 0.478. The van der Waals surface area contributed by atoms with E-state index in [1.54, 1.807) is 36.3 Å². The van der Waals surface area contributed by atoms with E-state index < -0.39 is 12.1 Å². The minimum Gasteiger partial charge on any atom is -0.385 e. The monoisotopic (exact) mass is 376 g/mol. The topological polar surface area (TPSA) is 49.9 Å². The number of hydrogen-bond donors (Lipinski definition) is 0. The zero-order chi connectivity index (χ0) is 19.3. The molecule has 1 unspecified atom stereocenters. The van der Waals surface area contributed by atoms with E-state index in [2.05, 4.69) is 0 Å². The van der Waals surface area contributed by atoms with Crippen LogP contribution in [0.2, 0.25) is 0 Å². The molecule has 1 atom stereocenters. The summed E-state index contributed by atoms with van der Waals surface area (Å²) in [5, 5.41) is 0. The Labute approximate surface area is 160 Å². The number of likely N-dealkylation sites (tertiary alicyclic amines) is 2. The molecule has 27 heavy (non-hydrogen) atoms. The van der Waals surface area contributed by atoms with Gasteiger partial charge in [0.1, 0.15) is 0 Å². The van der Waals surface area contributed by atoms with Crippen LogP contribution in [0.1, 0.15) is 43.8 Å². The number of amides is 2. The van der Waals surface area contributed by atoms with Gasteiger partial charge in [0.15, 0.2) is 0 Å². The van der Waals surface area contributed by atoms with Crippen molar-refractivity contribution in [2.45, 2.75) is 38.3 Å². The summed E-state index contributed by atoms with van der Waals surface area (Å²) in [6.45, 7) is 3.24. The van der Waals surface area contributed by atoms with Crippen molar-refractivity contribution in [3.05, 3.63) is 35.9 Å². The van der Waals surface area contributed by atoms with Crippen molar-refractivity contribution in [1.82, 2.24) is 9.80 Å². The maximum Gasteiger partial charge on any atom is 0.261 e. The van der Waals surface area contributed by atoms with Gasteiger partial charge in [0.25, 0.3) is 5.91 Å².